The number of benzene rings is 4. The van der Waals surface area contributed by atoms with Crippen LogP contribution in [0.1, 0.15) is 11.1 Å². The maximum Gasteiger partial charge on any atom is 0.277 e. The SMILES string of the molecule is O=C(COc1ccc(Cl)cc1)N/N=C\c1ccc(OCc2cccc3ccccc23)c(Br)c1. The van der Waals surface area contributed by atoms with Crippen LogP contribution >= 0.6 is 27.5 Å². The molecule has 0 saturated carbocycles. The van der Waals surface area contributed by atoms with Crippen molar-refractivity contribution in [2.24, 2.45) is 5.10 Å². The van der Waals surface area contributed by atoms with Crippen molar-refractivity contribution in [3.05, 3.63) is 106 Å². The maximum atomic E-state index is 11.9. The lowest BCUT2D eigenvalue weighted by Crippen LogP contribution is -2.24. The fraction of sp³-hybridized carbons (Fsp3) is 0.0769. The van der Waals surface area contributed by atoms with Crippen LogP contribution in [0.5, 0.6) is 11.5 Å². The number of halogens is 2. The molecule has 33 heavy (non-hydrogen) atoms. The lowest BCUT2D eigenvalue weighted by Gasteiger charge is -2.11. The molecular formula is C26H20BrClN2O3. The van der Waals surface area contributed by atoms with E-state index in [0.717, 1.165) is 21.3 Å². The molecule has 0 saturated heterocycles. The number of rotatable bonds is 8. The number of carbonyl (C=O) groups excluding carboxylic acids is 1. The first-order chi connectivity index (χ1) is 16.1. The zero-order valence-electron chi connectivity index (χ0n) is 17.5. The number of hydrogen-bond donors (Lipinski definition) is 1. The van der Waals surface area contributed by atoms with Crippen LogP contribution in [0.25, 0.3) is 10.8 Å². The Morgan fingerprint density at radius 3 is 2.58 bits per heavy atom. The summed E-state index contributed by atoms with van der Waals surface area (Å²) in [6.45, 7) is 0.306. The standard InChI is InChI=1S/C26H20BrClN2O3/c27-24-14-18(15-29-30-26(31)17-32-22-11-9-21(28)10-12-22)8-13-25(24)33-16-20-6-3-5-19-4-1-2-7-23(19)20/h1-15H,16-17H2,(H,30,31)/b29-15-. The highest BCUT2D eigenvalue weighted by atomic mass is 79.9. The second-order valence-electron chi connectivity index (χ2n) is 7.15. The minimum Gasteiger partial charge on any atom is -0.488 e. The van der Waals surface area contributed by atoms with Gasteiger partial charge in [-0.25, -0.2) is 5.43 Å². The smallest absolute Gasteiger partial charge is 0.277 e. The van der Waals surface area contributed by atoms with Crippen LogP contribution in [-0.2, 0) is 11.4 Å². The number of nitrogens with zero attached hydrogens (tertiary/aromatic N) is 1. The van der Waals surface area contributed by atoms with Crippen molar-refractivity contribution in [1.82, 2.24) is 5.43 Å². The van der Waals surface area contributed by atoms with Gasteiger partial charge in [-0.1, -0.05) is 54.1 Å². The van der Waals surface area contributed by atoms with Crippen molar-refractivity contribution in [2.75, 3.05) is 6.61 Å². The number of amides is 1. The fourth-order valence-electron chi connectivity index (χ4n) is 3.18. The van der Waals surface area contributed by atoms with Crippen LogP contribution in [0.3, 0.4) is 0 Å². The molecule has 4 rings (SSSR count). The molecule has 0 aliphatic rings. The highest BCUT2D eigenvalue weighted by molar-refractivity contribution is 9.10. The molecule has 0 unspecified atom stereocenters. The first-order valence-corrected chi connectivity index (χ1v) is 11.3. The number of nitrogens with one attached hydrogen (secondary N) is 1. The Kier molecular flexibility index (Phi) is 7.60. The lowest BCUT2D eigenvalue weighted by atomic mass is 10.1. The van der Waals surface area contributed by atoms with E-state index in [-0.39, 0.29) is 12.5 Å². The van der Waals surface area contributed by atoms with Gasteiger partial charge < -0.3 is 9.47 Å². The summed E-state index contributed by atoms with van der Waals surface area (Å²) < 4.78 is 12.2. The summed E-state index contributed by atoms with van der Waals surface area (Å²) >= 11 is 9.37. The third-order valence-electron chi connectivity index (χ3n) is 4.81. The molecule has 166 valence electrons. The van der Waals surface area contributed by atoms with Crippen LogP contribution in [0.15, 0.2) is 94.5 Å². The van der Waals surface area contributed by atoms with Crippen molar-refractivity contribution in [2.45, 2.75) is 6.61 Å². The molecule has 0 radical (unpaired) electrons. The van der Waals surface area contributed by atoms with Gasteiger partial charge in [0.1, 0.15) is 18.1 Å². The van der Waals surface area contributed by atoms with Crippen LogP contribution in [0.4, 0.5) is 0 Å². The molecule has 0 spiro atoms. The quantitative estimate of drug-likeness (QED) is 0.216. The Morgan fingerprint density at radius 2 is 1.76 bits per heavy atom. The number of ether oxygens (including phenoxy) is 2. The normalized spacial score (nSPS) is 11.0. The second-order valence-corrected chi connectivity index (χ2v) is 8.44. The highest BCUT2D eigenvalue weighted by Gasteiger charge is 2.06. The Hall–Kier alpha value is -3.35. The van der Waals surface area contributed by atoms with Crippen molar-refractivity contribution in [1.29, 1.82) is 0 Å². The third kappa shape index (κ3) is 6.34. The van der Waals surface area contributed by atoms with Crippen molar-refractivity contribution >= 4 is 50.4 Å². The summed E-state index contributed by atoms with van der Waals surface area (Å²) in [6, 6.07) is 26.8. The van der Waals surface area contributed by atoms with E-state index in [1.165, 1.54) is 10.8 Å². The molecule has 0 atom stereocenters. The molecule has 0 aliphatic heterocycles. The molecule has 0 heterocycles. The maximum absolute atomic E-state index is 11.9. The average Bonchev–Trinajstić information content (AvgIpc) is 2.83. The average molecular weight is 524 g/mol. The highest BCUT2D eigenvalue weighted by Crippen LogP contribution is 2.27. The Labute approximate surface area is 205 Å². The molecule has 4 aromatic carbocycles. The van der Waals surface area contributed by atoms with E-state index < -0.39 is 0 Å². The van der Waals surface area contributed by atoms with Gasteiger partial charge in [-0.05, 0) is 80.3 Å². The summed E-state index contributed by atoms with van der Waals surface area (Å²) in [7, 11) is 0. The fourth-order valence-corrected chi connectivity index (χ4v) is 3.82. The van der Waals surface area contributed by atoms with Gasteiger partial charge in [-0.15, -0.1) is 0 Å². The Morgan fingerprint density at radius 1 is 0.970 bits per heavy atom. The van der Waals surface area contributed by atoms with Gasteiger partial charge in [-0.2, -0.15) is 5.10 Å². The summed E-state index contributed by atoms with van der Waals surface area (Å²) in [4.78, 5) is 11.9. The van der Waals surface area contributed by atoms with Crippen molar-refractivity contribution in [3.63, 3.8) is 0 Å². The minimum atomic E-state index is -0.365. The molecule has 4 aromatic rings. The van der Waals surface area contributed by atoms with Gasteiger partial charge in [0, 0.05) is 5.02 Å². The molecule has 0 aliphatic carbocycles. The lowest BCUT2D eigenvalue weighted by molar-refractivity contribution is -0.123. The summed E-state index contributed by atoms with van der Waals surface area (Å²) in [5.74, 6) is 0.914. The molecule has 1 amide bonds. The van der Waals surface area contributed by atoms with E-state index in [2.05, 4.69) is 50.7 Å². The van der Waals surface area contributed by atoms with Crippen LogP contribution in [0.2, 0.25) is 5.02 Å². The largest absolute Gasteiger partial charge is 0.488 e. The van der Waals surface area contributed by atoms with Crippen LogP contribution in [0, 0.1) is 0 Å². The minimum absolute atomic E-state index is 0.149. The number of carbonyl (C=O) groups is 1. The predicted molar refractivity (Wildman–Crippen MR) is 135 cm³/mol. The van der Waals surface area contributed by atoms with Gasteiger partial charge in [0.15, 0.2) is 6.61 Å². The van der Waals surface area contributed by atoms with Gasteiger partial charge in [0.25, 0.3) is 5.91 Å². The van der Waals surface area contributed by atoms with E-state index in [4.69, 9.17) is 21.1 Å². The summed E-state index contributed by atoms with van der Waals surface area (Å²) in [5, 5.41) is 6.94. The first kappa shape index (κ1) is 22.8. The number of hydrazone groups is 1. The van der Waals surface area contributed by atoms with Crippen LogP contribution < -0.4 is 14.9 Å². The topological polar surface area (TPSA) is 59.9 Å². The van der Waals surface area contributed by atoms with E-state index >= 15 is 0 Å². The van der Waals surface area contributed by atoms with Gasteiger partial charge in [-0.3, -0.25) is 4.79 Å². The van der Waals surface area contributed by atoms with Crippen LogP contribution in [-0.4, -0.2) is 18.7 Å². The van der Waals surface area contributed by atoms with Crippen molar-refractivity contribution < 1.29 is 14.3 Å². The van der Waals surface area contributed by atoms with Gasteiger partial charge in [0.05, 0.1) is 10.7 Å². The van der Waals surface area contributed by atoms with E-state index in [1.54, 1.807) is 30.5 Å². The molecule has 0 bridgehead atoms. The van der Waals surface area contributed by atoms with Gasteiger partial charge >= 0.3 is 0 Å². The van der Waals surface area contributed by atoms with E-state index in [9.17, 15) is 4.79 Å². The Balaban J connectivity index is 1.30. The zero-order valence-corrected chi connectivity index (χ0v) is 19.8. The van der Waals surface area contributed by atoms with Gasteiger partial charge in [0.2, 0.25) is 0 Å². The van der Waals surface area contributed by atoms with E-state index in [1.807, 2.05) is 36.4 Å². The molecule has 1 N–H and O–H groups in total. The number of hydrogen-bond acceptors (Lipinski definition) is 4. The second kappa shape index (κ2) is 11.0. The Bertz CT molecular complexity index is 1290. The molecule has 7 heteroatoms. The number of fused-ring (bicyclic) bond motifs is 1. The molecular weight excluding hydrogens is 504 g/mol. The predicted octanol–water partition coefficient (Wildman–Crippen LogP) is 6.36. The third-order valence-corrected chi connectivity index (χ3v) is 5.68. The summed E-state index contributed by atoms with van der Waals surface area (Å²) in [6.07, 6.45) is 1.55. The molecule has 0 fully saturated rings. The monoisotopic (exact) mass is 522 g/mol. The van der Waals surface area contributed by atoms with E-state index in [0.29, 0.717) is 17.4 Å². The molecule has 5 nitrogen and oxygen atoms in total. The molecule has 0 aromatic heterocycles. The first-order valence-electron chi connectivity index (χ1n) is 10.2. The zero-order chi connectivity index (χ0) is 23.0. The summed E-state index contributed by atoms with van der Waals surface area (Å²) in [5.41, 5.74) is 4.37. The van der Waals surface area contributed by atoms with Crippen molar-refractivity contribution in [3.8, 4) is 11.5 Å².